The van der Waals surface area contributed by atoms with Crippen LogP contribution in [0, 0.1) is 10.1 Å². The lowest BCUT2D eigenvalue weighted by molar-refractivity contribution is 0.0148. The van der Waals surface area contributed by atoms with Crippen molar-refractivity contribution in [2.24, 2.45) is 5.29 Å². The highest BCUT2D eigenvalue weighted by Gasteiger charge is 2.08. The van der Waals surface area contributed by atoms with Gasteiger partial charge in [-0.1, -0.05) is 19.3 Å². The summed E-state index contributed by atoms with van der Waals surface area (Å²) in [5.74, 6) is 0. The van der Waals surface area contributed by atoms with Crippen molar-refractivity contribution in [3.05, 3.63) is 10.1 Å². The van der Waals surface area contributed by atoms with E-state index in [1.165, 1.54) is 11.4 Å². The van der Waals surface area contributed by atoms with E-state index in [1.54, 1.807) is 0 Å². The number of hydrogen-bond donors (Lipinski definition) is 0. The molecule has 0 radical (unpaired) electrons. The van der Waals surface area contributed by atoms with E-state index in [9.17, 15) is 10.1 Å². The van der Waals surface area contributed by atoms with Crippen molar-refractivity contribution in [2.45, 2.75) is 32.1 Å². The fraction of sp³-hybridized carbons (Fsp3) is 1.00. The van der Waals surface area contributed by atoms with Crippen molar-refractivity contribution in [1.29, 1.82) is 0 Å². The Balaban J connectivity index is 2.33. The molecule has 1 heterocycles. The normalized spacial score (nSPS) is 21.1. The fourth-order valence-corrected chi connectivity index (χ4v) is 1.45. The summed E-state index contributed by atoms with van der Waals surface area (Å²) in [6.45, 7) is 1.32. The van der Waals surface area contributed by atoms with E-state index in [0.717, 1.165) is 25.7 Å². The minimum absolute atomic E-state index is 0.172. The van der Waals surface area contributed by atoms with Crippen molar-refractivity contribution in [3.8, 4) is 0 Å². The van der Waals surface area contributed by atoms with Gasteiger partial charge in [0, 0.05) is 13.1 Å². The number of nitroso groups, excluding NO2 is 1. The van der Waals surface area contributed by atoms with Gasteiger partial charge < -0.3 is 5.21 Å². The average Bonchev–Trinajstić information content (AvgIpc) is 2.02. The second kappa shape index (κ2) is 5.05. The van der Waals surface area contributed by atoms with Crippen LogP contribution in [0.15, 0.2) is 5.29 Å². The molecule has 1 aliphatic heterocycles. The first-order chi connectivity index (χ1) is 5.84. The minimum Gasteiger partial charge on any atom is -0.724 e. The maximum atomic E-state index is 10.8. The zero-order valence-electron chi connectivity index (χ0n) is 7.11. The van der Waals surface area contributed by atoms with E-state index in [4.69, 9.17) is 0 Å². The third-order valence-electron chi connectivity index (χ3n) is 2.14. The van der Waals surface area contributed by atoms with Crippen LogP contribution in [0.25, 0.3) is 0 Å². The highest BCUT2D eigenvalue weighted by molar-refractivity contribution is 4.59. The highest BCUT2D eigenvalue weighted by atomic mass is 16.6. The van der Waals surface area contributed by atoms with Gasteiger partial charge in [0.1, 0.15) is 0 Å². The van der Waals surface area contributed by atoms with E-state index in [1.807, 2.05) is 0 Å². The zero-order chi connectivity index (χ0) is 8.81. The molecule has 0 N–H and O–H groups in total. The van der Waals surface area contributed by atoms with Crippen molar-refractivity contribution >= 4 is 0 Å². The van der Waals surface area contributed by atoms with E-state index in [0.29, 0.717) is 13.1 Å². The Labute approximate surface area is 71.8 Å². The first-order valence-corrected chi connectivity index (χ1v) is 4.40. The van der Waals surface area contributed by atoms with Gasteiger partial charge in [0.05, 0.1) is 5.29 Å². The average molecular weight is 172 g/mol. The van der Waals surface area contributed by atoms with Crippen LogP contribution in [0.4, 0.5) is 0 Å². The van der Waals surface area contributed by atoms with Crippen LogP contribution in [0.1, 0.15) is 32.1 Å². The molecular weight excluding hydrogens is 158 g/mol. The Kier molecular flexibility index (Phi) is 3.96. The molecule has 0 bridgehead atoms. The summed E-state index contributed by atoms with van der Waals surface area (Å²) in [5.41, 5.74) is 0. The molecule has 1 rings (SSSR count). The molecule has 1 saturated heterocycles. The molecule has 1 fully saturated rings. The SMILES string of the molecule is O=NN([O-])N1CCCCCCC1. The molecule has 5 heteroatoms. The Morgan fingerprint density at radius 3 is 2.08 bits per heavy atom. The predicted molar refractivity (Wildman–Crippen MR) is 45.7 cm³/mol. The maximum Gasteiger partial charge on any atom is 0.0579 e. The third kappa shape index (κ3) is 2.75. The van der Waals surface area contributed by atoms with Crippen LogP contribution >= 0.6 is 0 Å². The molecule has 1 aliphatic rings. The second-order valence-electron chi connectivity index (χ2n) is 3.06. The standard InChI is InChI=1S/C7H14N3O2/c11-8-10(12)9-6-4-2-1-3-5-7-9/h1-7H2/q-1. The Hall–Kier alpha value is -0.680. The molecule has 0 amide bonds. The van der Waals surface area contributed by atoms with Crippen LogP contribution in [0.3, 0.4) is 0 Å². The summed E-state index contributed by atoms with van der Waals surface area (Å²) in [6.07, 6.45) is 5.48. The molecule has 0 spiro atoms. The summed E-state index contributed by atoms with van der Waals surface area (Å²) in [4.78, 5) is 9.92. The molecule has 0 aromatic rings. The third-order valence-corrected chi connectivity index (χ3v) is 2.14. The summed E-state index contributed by atoms with van der Waals surface area (Å²) in [5, 5.41) is 14.8. The smallest absolute Gasteiger partial charge is 0.0579 e. The highest BCUT2D eigenvalue weighted by Crippen LogP contribution is 2.11. The zero-order valence-corrected chi connectivity index (χ0v) is 7.11. The lowest BCUT2D eigenvalue weighted by Crippen LogP contribution is -2.37. The van der Waals surface area contributed by atoms with Crippen LogP contribution in [-0.2, 0) is 0 Å². The van der Waals surface area contributed by atoms with Crippen LogP contribution in [0.5, 0.6) is 0 Å². The molecule has 70 valence electrons. The summed E-state index contributed by atoms with van der Waals surface area (Å²) in [6, 6.07) is 0. The van der Waals surface area contributed by atoms with Crippen molar-refractivity contribution in [3.63, 3.8) is 0 Å². The van der Waals surface area contributed by atoms with E-state index in [-0.39, 0.29) is 5.28 Å². The topological polar surface area (TPSA) is 59.0 Å². The minimum atomic E-state index is 0.172. The fourth-order valence-electron chi connectivity index (χ4n) is 1.45. The number of hydrogen-bond acceptors (Lipinski definition) is 4. The van der Waals surface area contributed by atoms with E-state index < -0.39 is 0 Å². The Morgan fingerprint density at radius 2 is 1.58 bits per heavy atom. The van der Waals surface area contributed by atoms with Gasteiger partial charge in [-0.3, -0.25) is 5.28 Å². The van der Waals surface area contributed by atoms with Gasteiger partial charge in [-0.15, -0.1) is 4.91 Å². The molecule has 0 aromatic carbocycles. The van der Waals surface area contributed by atoms with E-state index in [2.05, 4.69) is 5.29 Å². The lowest BCUT2D eigenvalue weighted by Gasteiger charge is -2.34. The first kappa shape index (κ1) is 9.41. The number of rotatable bonds is 2. The quantitative estimate of drug-likeness (QED) is 0.469. The summed E-state index contributed by atoms with van der Waals surface area (Å²) in [7, 11) is 0. The van der Waals surface area contributed by atoms with E-state index >= 15 is 0 Å². The van der Waals surface area contributed by atoms with Crippen LogP contribution < -0.4 is 0 Å². The van der Waals surface area contributed by atoms with Crippen molar-refractivity contribution < 1.29 is 0 Å². The van der Waals surface area contributed by atoms with Gasteiger partial charge in [0.15, 0.2) is 0 Å². The van der Waals surface area contributed by atoms with Gasteiger partial charge in [-0.05, 0) is 12.8 Å². The largest absolute Gasteiger partial charge is 0.724 e. The predicted octanol–water partition coefficient (Wildman–Crippen LogP) is 1.65. The second-order valence-corrected chi connectivity index (χ2v) is 3.06. The van der Waals surface area contributed by atoms with Crippen molar-refractivity contribution in [2.75, 3.05) is 13.1 Å². The molecule has 0 unspecified atom stereocenters. The van der Waals surface area contributed by atoms with Gasteiger partial charge >= 0.3 is 0 Å². The molecule has 0 atom stereocenters. The molecule has 5 nitrogen and oxygen atoms in total. The molecule has 0 saturated carbocycles. The Morgan fingerprint density at radius 1 is 1.08 bits per heavy atom. The van der Waals surface area contributed by atoms with Gasteiger partial charge in [-0.2, -0.15) is 0 Å². The van der Waals surface area contributed by atoms with Crippen LogP contribution in [0.2, 0.25) is 0 Å². The monoisotopic (exact) mass is 172 g/mol. The number of hydrazine groups is 1. The summed E-state index contributed by atoms with van der Waals surface area (Å²) < 4.78 is 0. The lowest BCUT2D eigenvalue weighted by atomic mass is 10.1. The van der Waals surface area contributed by atoms with Crippen molar-refractivity contribution in [1.82, 2.24) is 10.3 Å². The van der Waals surface area contributed by atoms with Gasteiger partial charge in [0.2, 0.25) is 0 Å². The van der Waals surface area contributed by atoms with Gasteiger partial charge in [-0.25, -0.2) is 5.01 Å². The molecular formula is C7H14N3O2-. The number of nitrogens with zero attached hydrogens (tertiary/aromatic N) is 3. The van der Waals surface area contributed by atoms with Crippen LogP contribution in [-0.4, -0.2) is 23.4 Å². The molecule has 0 aliphatic carbocycles. The summed E-state index contributed by atoms with van der Waals surface area (Å²) >= 11 is 0. The molecule has 12 heavy (non-hydrogen) atoms. The maximum absolute atomic E-state index is 10.8. The Bertz CT molecular complexity index is 135. The molecule has 0 aromatic heterocycles. The first-order valence-electron chi connectivity index (χ1n) is 4.40. The van der Waals surface area contributed by atoms with Gasteiger partial charge in [0.25, 0.3) is 0 Å².